The molecule has 0 saturated heterocycles. The molecule has 1 amide bonds. The van der Waals surface area contributed by atoms with Gasteiger partial charge >= 0.3 is 0 Å². The molecule has 0 spiro atoms. The van der Waals surface area contributed by atoms with Gasteiger partial charge in [-0.15, -0.1) is 24.8 Å². The summed E-state index contributed by atoms with van der Waals surface area (Å²) < 4.78 is 0. The van der Waals surface area contributed by atoms with Crippen molar-refractivity contribution in [1.82, 2.24) is 15.5 Å². The molecule has 0 heterocycles. The SMILES string of the molecule is CN(C)CCCNCCCCNC(=O)C=NO.Cl.Cl. The number of carbonyl (C=O) groups excluding carboxylic acids is 1. The number of halogens is 2. The average molecular weight is 317 g/mol. The predicted octanol–water partition coefficient (Wildman–Crippen LogP) is 0.728. The van der Waals surface area contributed by atoms with Crippen LogP contribution in [-0.4, -0.2) is 62.5 Å². The molecule has 0 radical (unpaired) electrons. The number of carbonyl (C=O) groups is 1. The fourth-order valence-electron chi connectivity index (χ4n) is 1.33. The summed E-state index contributed by atoms with van der Waals surface area (Å²) >= 11 is 0. The third-order valence-electron chi connectivity index (χ3n) is 2.21. The van der Waals surface area contributed by atoms with Crippen molar-refractivity contribution in [3.05, 3.63) is 0 Å². The van der Waals surface area contributed by atoms with Crippen LogP contribution in [0.4, 0.5) is 0 Å². The Kier molecular flexibility index (Phi) is 21.6. The number of oxime groups is 1. The van der Waals surface area contributed by atoms with Crippen LogP contribution >= 0.6 is 24.8 Å². The zero-order valence-electron chi connectivity index (χ0n) is 11.6. The second kappa shape index (κ2) is 17.4. The van der Waals surface area contributed by atoms with Crippen molar-refractivity contribution < 1.29 is 10.0 Å². The monoisotopic (exact) mass is 316 g/mol. The highest BCUT2D eigenvalue weighted by atomic mass is 35.5. The molecule has 0 aromatic rings. The minimum Gasteiger partial charge on any atom is -0.411 e. The van der Waals surface area contributed by atoms with Crippen LogP contribution in [0.25, 0.3) is 0 Å². The van der Waals surface area contributed by atoms with Gasteiger partial charge in [0.2, 0.25) is 0 Å². The molecule has 0 unspecified atom stereocenters. The first kappa shape index (κ1) is 23.5. The molecule has 6 nitrogen and oxygen atoms in total. The van der Waals surface area contributed by atoms with Crippen LogP contribution in [0.15, 0.2) is 5.16 Å². The van der Waals surface area contributed by atoms with E-state index >= 15 is 0 Å². The number of unbranched alkanes of at least 4 members (excludes halogenated alkanes) is 1. The topological polar surface area (TPSA) is 77.0 Å². The summed E-state index contributed by atoms with van der Waals surface area (Å²) in [5.74, 6) is -0.355. The Morgan fingerprint density at radius 3 is 2.32 bits per heavy atom. The lowest BCUT2D eigenvalue weighted by molar-refractivity contribution is -0.114. The maximum absolute atomic E-state index is 10.8. The van der Waals surface area contributed by atoms with Gasteiger partial charge in [-0.3, -0.25) is 4.79 Å². The molecule has 8 heteroatoms. The molecule has 0 aromatic carbocycles. The number of amides is 1. The molecule has 0 aliphatic carbocycles. The van der Waals surface area contributed by atoms with E-state index in [4.69, 9.17) is 5.21 Å². The van der Waals surface area contributed by atoms with Crippen LogP contribution in [0.3, 0.4) is 0 Å². The van der Waals surface area contributed by atoms with Crippen LogP contribution in [-0.2, 0) is 4.79 Å². The van der Waals surface area contributed by atoms with E-state index in [2.05, 4.69) is 34.8 Å². The second-order valence-corrected chi connectivity index (χ2v) is 4.15. The Morgan fingerprint density at radius 1 is 1.16 bits per heavy atom. The van der Waals surface area contributed by atoms with Gasteiger partial charge in [0.05, 0.1) is 0 Å². The summed E-state index contributed by atoms with van der Waals surface area (Å²) in [6, 6.07) is 0. The maximum atomic E-state index is 10.8. The second-order valence-electron chi connectivity index (χ2n) is 4.15. The Morgan fingerprint density at radius 2 is 1.74 bits per heavy atom. The zero-order valence-corrected chi connectivity index (χ0v) is 13.2. The lowest BCUT2D eigenvalue weighted by Gasteiger charge is -2.09. The van der Waals surface area contributed by atoms with Gasteiger partial charge in [0.15, 0.2) is 0 Å². The zero-order chi connectivity index (χ0) is 12.9. The van der Waals surface area contributed by atoms with Crippen LogP contribution < -0.4 is 10.6 Å². The van der Waals surface area contributed by atoms with Gasteiger partial charge in [-0.1, -0.05) is 5.16 Å². The van der Waals surface area contributed by atoms with Gasteiger partial charge in [0, 0.05) is 6.54 Å². The largest absolute Gasteiger partial charge is 0.411 e. The molecule has 3 N–H and O–H groups in total. The Balaban J connectivity index is -0.00000128. The maximum Gasteiger partial charge on any atom is 0.265 e. The predicted molar refractivity (Wildman–Crippen MR) is 83.1 cm³/mol. The van der Waals surface area contributed by atoms with E-state index in [9.17, 15) is 4.79 Å². The van der Waals surface area contributed by atoms with E-state index in [1.54, 1.807) is 0 Å². The van der Waals surface area contributed by atoms with Crippen LogP contribution in [0.2, 0.25) is 0 Å². The van der Waals surface area contributed by atoms with E-state index in [-0.39, 0.29) is 30.7 Å². The van der Waals surface area contributed by atoms with E-state index in [1.165, 1.54) is 0 Å². The number of rotatable bonds is 10. The molecule has 0 aliphatic heterocycles. The van der Waals surface area contributed by atoms with Gasteiger partial charge in [0.1, 0.15) is 6.21 Å². The summed E-state index contributed by atoms with van der Waals surface area (Å²) in [5.41, 5.74) is 0. The molecule has 116 valence electrons. The van der Waals surface area contributed by atoms with Crippen molar-refractivity contribution in [1.29, 1.82) is 0 Å². The molecule has 19 heavy (non-hydrogen) atoms. The fraction of sp³-hybridized carbons (Fsp3) is 0.818. The summed E-state index contributed by atoms with van der Waals surface area (Å²) in [5, 5.41) is 16.7. The summed E-state index contributed by atoms with van der Waals surface area (Å²) in [6.45, 7) is 3.72. The quantitative estimate of drug-likeness (QED) is 0.240. The van der Waals surface area contributed by atoms with Crippen molar-refractivity contribution in [3.63, 3.8) is 0 Å². The lowest BCUT2D eigenvalue weighted by atomic mass is 10.3. The van der Waals surface area contributed by atoms with Crippen LogP contribution in [0.5, 0.6) is 0 Å². The summed E-state index contributed by atoms with van der Waals surface area (Å²) in [7, 11) is 4.14. The number of nitrogens with zero attached hydrogens (tertiary/aromatic N) is 2. The highest BCUT2D eigenvalue weighted by Crippen LogP contribution is 1.86. The van der Waals surface area contributed by atoms with Gasteiger partial charge < -0.3 is 20.7 Å². The van der Waals surface area contributed by atoms with Gasteiger partial charge in [-0.05, 0) is 53.0 Å². The molecular weight excluding hydrogens is 291 g/mol. The van der Waals surface area contributed by atoms with Gasteiger partial charge in [-0.2, -0.15) is 0 Å². The van der Waals surface area contributed by atoms with Crippen LogP contribution in [0, 0.1) is 0 Å². The van der Waals surface area contributed by atoms with Gasteiger partial charge in [0.25, 0.3) is 5.91 Å². The molecule has 0 atom stereocenters. The lowest BCUT2D eigenvalue weighted by Crippen LogP contribution is -2.26. The minimum atomic E-state index is -0.355. The first-order valence-corrected chi connectivity index (χ1v) is 5.97. The van der Waals surface area contributed by atoms with Crippen molar-refractivity contribution in [2.24, 2.45) is 5.16 Å². The normalized spacial score (nSPS) is 10.1. The Labute approximate surface area is 127 Å². The molecule has 0 aliphatic rings. The number of nitrogens with one attached hydrogen (secondary N) is 2. The van der Waals surface area contributed by atoms with Crippen molar-refractivity contribution in [2.45, 2.75) is 19.3 Å². The summed E-state index contributed by atoms with van der Waals surface area (Å²) in [4.78, 5) is 13.0. The molecule has 0 fully saturated rings. The minimum absolute atomic E-state index is 0. The molecule has 0 aromatic heterocycles. The number of hydrogen-bond donors (Lipinski definition) is 3. The van der Waals surface area contributed by atoms with Crippen molar-refractivity contribution in [2.75, 3.05) is 40.3 Å². The van der Waals surface area contributed by atoms with E-state index in [0.717, 1.165) is 45.1 Å². The smallest absolute Gasteiger partial charge is 0.265 e. The van der Waals surface area contributed by atoms with Gasteiger partial charge in [-0.25, -0.2) is 0 Å². The highest BCUT2D eigenvalue weighted by Gasteiger charge is 1.95. The van der Waals surface area contributed by atoms with E-state index in [0.29, 0.717) is 6.54 Å². The van der Waals surface area contributed by atoms with E-state index in [1.807, 2.05) is 0 Å². The van der Waals surface area contributed by atoms with Crippen LogP contribution in [0.1, 0.15) is 19.3 Å². The molecule has 0 rings (SSSR count). The fourth-order valence-corrected chi connectivity index (χ4v) is 1.33. The molecule has 0 saturated carbocycles. The highest BCUT2D eigenvalue weighted by molar-refractivity contribution is 6.25. The van der Waals surface area contributed by atoms with E-state index < -0.39 is 0 Å². The molecular formula is C11H26Cl2N4O2. The first-order valence-electron chi connectivity index (χ1n) is 5.97. The van der Waals surface area contributed by atoms with Crippen molar-refractivity contribution in [3.8, 4) is 0 Å². The average Bonchev–Trinajstić information content (AvgIpc) is 2.27. The van der Waals surface area contributed by atoms with Crippen molar-refractivity contribution >= 4 is 36.9 Å². The Hall–Kier alpha value is -0.560. The number of hydrogen-bond acceptors (Lipinski definition) is 5. The Bertz CT molecular complexity index is 229. The standard InChI is InChI=1S/C11H24N4O2.2ClH/c1-15(2)9-5-7-12-6-3-4-8-13-11(16)10-14-17;;/h10,12,17H,3-9H2,1-2H3,(H,13,16);2*1H. The first-order chi connectivity index (χ1) is 8.16. The molecule has 0 bridgehead atoms. The third-order valence-corrected chi connectivity index (χ3v) is 2.21. The summed E-state index contributed by atoms with van der Waals surface area (Å²) in [6.07, 6.45) is 3.96. The third kappa shape index (κ3) is 19.9.